The fourth-order valence-electron chi connectivity index (χ4n) is 7.87. The fraction of sp³-hybridized carbons (Fsp3) is 0.268. The Kier molecular flexibility index (Phi) is 7.77. The number of nitrogens with zero attached hydrogens (tertiary/aromatic N) is 2. The molecule has 0 bridgehead atoms. The third-order valence-electron chi connectivity index (χ3n) is 9.94. The van der Waals surface area contributed by atoms with Crippen molar-refractivity contribution in [1.82, 2.24) is 9.97 Å². The third-order valence-corrected chi connectivity index (χ3v) is 9.94. The van der Waals surface area contributed by atoms with Gasteiger partial charge in [-0.3, -0.25) is 9.97 Å². The van der Waals surface area contributed by atoms with Crippen molar-refractivity contribution < 1.29 is 0 Å². The van der Waals surface area contributed by atoms with E-state index >= 15 is 0 Å². The third kappa shape index (κ3) is 5.36. The summed E-state index contributed by atoms with van der Waals surface area (Å²) < 4.78 is 0. The molecule has 2 heterocycles. The van der Waals surface area contributed by atoms with E-state index < -0.39 is 0 Å². The van der Waals surface area contributed by atoms with E-state index in [0.717, 1.165) is 36.9 Å². The van der Waals surface area contributed by atoms with Crippen LogP contribution < -0.4 is 0 Å². The van der Waals surface area contributed by atoms with Crippen molar-refractivity contribution in [3.05, 3.63) is 161 Å². The van der Waals surface area contributed by atoms with E-state index in [1.54, 1.807) is 11.1 Å². The standard InChI is InChI=1S/C41H40N2/c1-3-4-14-36-28(2)40(34-18-17-29-10-5-6-11-31(29)25-34)37-15-7-8-16-38(37)41(36)33-13-9-12-32(26-33)35-19-20-39(43-27-35)30-21-23-42-24-22-30/h3-4,6,8,11,13-14,16-24,26-27,34,37,40H,1,5,7,9-10,12,15,25H2,2H3/b14-4-. The summed E-state index contributed by atoms with van der Waals surface area (Å²) in [6.07, 6.45) is 39.5. The first-order valence-electron chi connectivity index (χ1n) is 16.0. The van der Waals surface area contributed by atoms with Gasteiger partial charge in [-0.1, -0.05) is 85.1 Å². The molecule has 0 fully saturated rings. The highest BCUT2D eigenvalue weighted by atomic mass is 14.7. The smallest absolute Gasteiger partial charge is 0.0703 e. The Morgan fingerprint density at radius 2 is 1.79 bits per heavy atom. The van der Waals surface area contributed by atoms with E-state index in [9.17, 15) is 0 Å². The van der Waals surface area contributed by atoms with E-state index in [4.69, 9.17) is 4.98 Å². The van der Waals surface area contributed by atoms with Gasteiger partial charge in [0, 0.05) is 24.2 Å². The van der Waals surface area contributed by atoms with Gasteiger partial charge in [0.15, 0.2) is 0 Å². The van der Waals surface area contributed by atoms with Crippen LogP contribution in [0.25, 0.3) is 16.8 Å². The summed E-state index contributed by atoms with van der Waals surface area (Å²) in [6, 6.07) is 8.39. The summed E-state index contributed by atoms with van der Waals surface area (Å²) in [4.78, 5) is 8.97. The SMILES string of the molecule is C=C/C=C\C1=C(C)C(C2C=CC3=C(C=CCC3)C2)C2CCC=CC2=C1C1=CCCC(c2ccc(-c3ccncc3)nc2)=C1. The summed E-state index contributed by atoms with van der Waals surface area (Å²) in [5.74, 6) is 1.57. The fourth-order valence-corrected chi connectivity index (χ4v) is 7.87. The van der Waals surface area contributed by atoms with Gasteiger partial charge in [0.1, 0.15) is 0 Å². The summed E-state index contributed by atoms with van der Waals surface area (Å²) in [5, 5.41) is 0. The number of aromatic nitrogens is 2. The second-order valence-electron chi connectivity index (χ2n) is 12.4. The molecule has 0 N–H and O–H groups in total. The highest BCUT2D eigenvalue weighted by molar-refractivity contribution is 5.76. The van der Waals surface area contributed by atoms with Gasteiger partial charge in [0.05, 0.1) is 5.69 Å². The molecule has 2 aromatic rings. The van der Waals surface area contributed by atoms with E-state index in [1.165, 1.54) is 58.3 Å². The zero-order valence-corrected chi connectivity index (χ0v) is 25.2. The van der Waals surface area contributed by atoms with Gasteiger partial charge in [0.25, 0.3) is 0 Å². The molecule has 2 heteroatoms. The predicted octanol–water partition coefficient (Wildman–Crippen LogP) is 10.4. The molecule has 0 spiro atoms. The number of rotatable bonds is 6. The molecule has 2 aromatic heterocycles. The summed E-state index contributed by atoms with van der Waals surface area (Å²) in [6.45, 7) is 6.43. The van der Waals surface area contributed by atoms with E-state index in [-0.39, 0.29) is 0 Å². The first-order chi connectivity index (χ1) is 21.2. The Balaban J connectivity index is 1.27. The minimum Gasteiger partial charge on any atom is -0.265 e. The highest BCUT2D eigenvalue weighted by Crippen LogP contribution is 2.52. The van der Waals surface area contributed by atoms with Crippen molar-refractivity contribution in [3.63, 3.8) is 0 Å². The molecular formula is C41H40N2. The van der Waals surface area contributed by atoms with Gasteiger partial charge in [-0.2, -0.15) is 0 Å². The Hall–Kier alpha value is -4.30. The van der Waals surface area contributed by atoms with Gasteiger partial charge in [0.2, 0.25) is 0 Å². The van der Waals surface area contributed by atoms with Crippen LogP contribution >= 0.6 is 0 Å². The first kappa shape index (κ1) is 27.5. The zero-order chi connectivity index (χ0) is 29.2. The minimum absolute atomic E-state index is 0.506. The molecule has 0 saturated heterocycles. The molecule has 0 radical (unpaired) electrons. The highest BCUT2D eigenvalue weighted by Gasteiger charge is 2.39. The van der Waals surface area contributed by atoms with Gasteiger partial charge in [-0.25, -0.2) is 0 Å². The number of pyridine rings is 2. The monoisotopic (exact) mass is 560 g/mol. The van der Waals surface area contributed by atoms with Gasteiger partial charge < -0.3 is 0 Å². The molecule has 0 aromatic carbocycles. The predicted molar refractivity (Wildman–Crippen MR) is 180 cm³/mol. The lowest BCUT2D eigenvalue weighted by Gasteiger charge is -2.43. The quantitative estimate of drug-likeness (QED) is 0.328. The van der Waals surface area contributed by atoms with Crippen LogP contribution in [0.4, 0.5) is 0 Å². The van der Waals surface area contributed by atoms with Crippen LogP contribution in [0.15, 0.2) is 155 Å². The Morgan fingerprint density at radius 3 is 2.63 bits per heavy atom. The average molecular weight is 561 g/mol. The molecule has 0 amide bonds. The second-order valence-corrected chi connectivity index (χ2v) is 12.4. The van der Waals surface area contributed by atoms with E-state index in [2.05, 4.69) is 91.4 Å². The maximum atomic E-state index is 4.83. The summed E-state index contributed by atoms with van der Waals surface area (Å²) >= 11 is 0. The molecule has 43 heavy (non-hydrogen) atoms. The lowest BCUT2D eigenvalue weighted by Crippen LogP contribution is -2.32. The molecule has 3 unspecified atom stereocenters. The van der Waals surface area contributed by atoms with Gasteiger partial charge in [-0.05, 0) is 132 Å². The lowest BCUT2D eigenvalue weighted by atomic mass is 9.61. The lowest BCUT2D eigenvalue weighted by molar-refractivity contribution is 0.315. The minimum atomic E-state index is 0.506. The average Bonchev–Trinajstić information content (AvgIpc) is 3.07. The molecular weight excluding hydrogens is 520 g/mol. The largest absolute Gasteiger partial charge is 0.265 e. The summed E-state index contributed by atoms with van der Waals surface area (Å²) in [5.41, 5.74) is 15.0. The molecule has 214 valence electrons. The van der Waals surface area contributed by atoms with Crippen LogP contribution in [0.5, 0.6) is 0 Å². The van der Waals surface area contributed by atoms with Crippen molar-refractivity contribution in [2.75, 3.05) is 0 Å². The topological polar surface area (TPSA) is 25.8 Å². The van der Waals surface area contributed by atoms with Crippen LogP contribution in [0.3, 0.4) is 0 Å². The van der Waals surface area contributed by atoms with Gasteiger partial charge in [-0.15, -0.1) is 0 Å². The Bertz CT molecular complexity index is 1700. The molecule has 2 nitrogen and oxygen atoms in total. The van der Waals surface area contributed by atoms with Crippen molar-refractivity contribution in [2.45, 2.75) is 51.9 Å². The first-order valence-corrected chi connectivity index (χ1v) is 16.0. The van der Waals surface area contributed by atoms with Crippen LogP contribution in [0.1, 0.15) is 57.4 Å². The molecule has 5 aliphatic rings. The number of hydrogen-bond acceptors (Lipinski definition) is 2. The normalized spacial score (nSPS) is 25.1. The zero-order valence-electron chi connectivity index (χ0n) is 25.2. The molecule has 0 aliphatic heterocycles. The van der Waals surface area contributed by atoms with E-state index in [1.807, 2.05) is 36.8 Å². The van der Waals surface area contributed by atoms with Crippen molar-refractivity contribution >= 4 is 5.57 Å². The van der Waals surface area contributed by atoms with Crippen molar-refractivity contribution in [3.8, 4) is 11.3 Å². The number of allylic oxidation sites excluding steroid dienone is 19. The van der Waals surface area contributed by atoms with Crippen LogP contribution in [0, 0.1) is 17.8 Å². The van der Waals surface area contributed by atoms with Crippen LogP contribution in [-0.2, 0) is 0 Å². The van der Waals surface area contributed by atoms with Crippen molar-refractivity contribution in [2.24, 2.45) is 17.8 Å². The van der Waals surface area contributed by atoms with Crippen molar-refractivity contribution in [1.29, 1.82) is 0 Å². The summed E-state index contributed by atoms with van der Waals surface area (Å²) in [7, 11) is 0. The molecule has 0 saturated carbocycles. The maximum absolute atomic E-state index is 4.83. The molecule has 3 atom stereocenters. The van der Waals surface area contributed by atoms with Crippen LogP contribution in [-0.4, -0.2) is 9.97 Å². The molecule has 5 aliphatic carbocycles. The second kappa shape index (κ2) is 12.1. The maximum Gasteiger partial charge on any atom is 0.0703 e. The van der Waals surface area contributed by atoms with E-state index in [0.29, 0.717) is 17.8 Å². The Labute approximate surface area is 256 Å². The van der Waals surface area contributed by atoms with Crippen LogP contribution in [0.2, 0.25) is 0 Å². The number of fused-ring (bicyclic) bond motifs is 1. The number of hydrogen-bond donors (Lipinski definition) is 0. The molecule has 7 rings (SSSR count). The Morgan fingerprint density at radius 1 is 0.907 bits per heavy atom. The van der Waals surface area contributed by atoms with Gasteiger partial charge >= 0.3 is 0 Å².